The summed E-state index contributed by atoms with van der Waals surface area (Å²) in [6.07, 6.45) is 3.59. The van der Waals surface area contributed by atoms with E-state index in [1.165, 1.54) is 11.3 Å². The highest BCUT2D eigenvalue weighted by Gasteiger charge is 2.22. The van der Waals surface area contributed by atoms with Gasteiger partial charge in [-0.05, 0) is 68.7 Å². The van der Waals surface area contributed by atoms with Crippen LogP contribution in [0.4, 0.5) is 0 Å². The number of thiophene rings is 1. The first kappa shape index (κ1) is 30.1. The normalized spacial score (nSPS) is 12.2. The van der Waals surface area contributed by atoms with Gasteiger partial charge < -0.3 is 20.4 Å². The van der Waals surface area contributed by atoms with Gasteiger partial charge in [0.2, 0.25) is 5.91 Å². The highest BCUT2D eigenvalue weighted by Crippen LogP contribution is 2.30. The van der Waals surface area contributed by atoms with Gasteiger partial charge >= 0.3 is 5.97 Å². The number of esters is 1. The Morgan fingerprint density at radius 1 is 0.927 bits per heavy atom. The lowest BCUT2D eigenvalue weighted by Crippen LogP contribution is -2.47. The Morgan fingerprint density at radius 2 is 1.68 bits per heavy atom. The minimum Gasteiger partial charge on any atom is -0.460 e. The van der Waals surface area contributed by atoms with E-state index in [2.05, 4.69) is 39.9 Å². The maximum absolute atomic E-state index is 13.3. The predicted molar refractivity (Wildman–Crippen MR) is 165 cm³/mol. The molecule has 0 bridgehead atoms. The fourth-order valence-electron chi connectivity index (χ4n) is 4.84. The first-order chi connectivity index (χ1) is 19.7. The zero-order chi connectivity index (χ0) is 29.2. The summed E-state index contributed by atoms with van der Waals surface area (Å²) < 4.78 is 5.37. The van der Waals surface area contributed by atoms with Gasteiger partial charge in [-0.15, -0.1) is 11.3 Å². The van der Waals surface area contributed by atoms with E-state index in [1.54, 1.807) is 6.07 Å². The highest BCUT2D eigenvalue weighted by atomic mass is 32.1. The van der Waals surface area contributed by atoms with E-state index < -0.39 is 11.6 Å². The van der Waals surface area contributed by atoms with E-state index in [9.17, 15) is 14.4 Å². The van der Waals surface area contributed by atoms with Crippen molar-refractivity contribution >= 4 is 40.0 Å². The lowest BCUT2D eigenvalue weighted by molar-refractivity contribution is -0.154. The number of carbonyl (C=O) groups is 3. The number of benzene rings is 2. The molecule has 0 radical (unpaired) electrons. The maximum atomic E-state index is 13.3. The molecule has 4 rings (SSSR count). The molecule has 216 valence electrons. The second kappa shape index (κ2) is 14.1. The van der Waals surface area contributed by atoms with Crippen molar-refractivity contribution in [3.05, 3.63) is 82.6 Å². The molecular formula is C33H39N3O4S. The van der Waals surface area contributed by atoms with Crippen LogP contribution in [0.3, 0.4) is 0 Å². The summed E-state index contributed by atoms with van der Waals surface area (Å²) in [7, 11) is 0. The number of fused-ring (bicyclic) bond motifs is 1. The quantitative estimate of drug-likeness (QED) is 0.123. The molecule has 0 saturated carbocycles. The Bertz CT molecular complexity index is 1440. The summed E-state index contributed by atoms with van der Waals surface area (Å²) in [5.74, 6) is -0.676. The average molecular weight is 574 g/mol. The number of amides is 2. The third-order valence-corrected chi connectivity index (χ3v) is 7.58. The van der Waals surface area contributed by atoms with Crippen molar-refractivity contribution in [2.45, 2.75) is 70.9 Å². The number of nitrogens with one attached hydrogen (secondary N) is 3. The van der Waals surface area contributed by atoms with Crippen LogP contribution in [0.2, 0.25) is 0 Å². The number of aromatic amines is 1. The van der Waals surface area contributed by atoms with Crippen molar-refractivity contribution in [1.29, 1.82) is 0 Å². The van der Waals surface area contributed by atoms with Crippen molar-refractivity contribution in [2.24, 2.45) is 0 Å². The molecule has 4 aromatic rings. The van der Waals surface area contributed by atoms with Gasteiger partial charge in [-0.25, -0.2) is 0 Å². The van der Waals surface area contributed by atoms with Crippen LogP contribution in [-0.4, -0.2) is 41.0 Å². The standard InChI is InChI=1S/C33H39N3O4S/c1-33(2,3)40-29(37)19-9-5-8-17-27(36-32(39)28-18-12-22-41-28)31(38)34-21-20-25-24-15-10-11-16-26(24)35-30(25)23-13-6-4-7-14-23/h4,6-7,10-16,18,22,27,35H,5,8-9,17,19-21H2,1-3H3,(H,34,38)(H,36,39)/t27-/m0/s1. The zero-order valence-electron chi connectivity index (χ0n) is 24.0. The zero-order valence-corrected chi connectivity index (χ0v) is 24.8. The van der Waals surface area contributed by atoms with E-state index in [1.807, 2.05) is 62.5 Å². The van der Waals surface area contributed by atoms with Gasteiger partial charge in [-0.1, -0.05) is 67.4 Å². The van der Waals surface area contributed by atoms with Crippen LogP contribution >= 0.6 is 11.3 Å². The van der Waals surface area contributed by atoms with Gasteiger partial charge in [0.15, 0.2) is 0 Å². The Labute approximate surface area is 245 Å². The molecule has 8 heteroatoms. The third-order valence-electron chi connectivity index (χ3n) is 6.71. The second-order valence-electron chi connectivity index (χ2n) is 11.1. The van der Waals surface area contributed by atoms with E-state index in [0.29, 0.717) is 43.5 Å². The number of para-hydroxylation sites is 1. The lowest BCUT2D eigenvalue weighted by Gasteiger charge is -2.20. The number of hydrogen-bond donors (Lipinski definition) is 3. The molecule has 2 amide bonds. The Balaban J connectivity index is 1.37. The molecule has 0 saturated heterocycles. The number of hydrogen-bond acceptors (Lipinski definition) is 5. The largest absolute Gasteiger partial charge is 0.460 e. The molecule has 0 aliphatic heterocycles. The Morgan fingerprint density at radius 3 is 2.41 bits per heavy atom. The van der Waals surface area contributed by atoms with Crippen molar-refractivity contribution in [3.63, 3.8) is 0 Å². The molecule has 2 heterocycles. The van der Waals surface area contributed by atoms with Crippen molar-refractivity contribution in [3.8, 4) is 11.3 Å². The van der Waals surface area contributed by atoms with Crippen LogP contribution in [0.5, 0.6) is 0 Å². The molecule has 0 unspecified atom stereocenters. The lowest BCUT2D eigenvalue weighted by atomic mass is 10.0. The van der Waals surface area contributed by atoms with Crippen LogP contribution in [0.15, 0.2) is 72.1 Å². The first-order valence-corrected chi connectivity index (χ1v) is 15.1. The molecule has 2 aromatic heterocycles. The van der Waals surface area contributed by atoms with Crippen molar-refractivity contribution in [1.82, 2.24) is 15.6 Å². The summed E-state index contributed by atoms with van der Waals surface area (Å²) >= 11 is 1.34. The molecule has 2 aromatic carbocycles. The number of unbranched alkanes of at least 4 members (excludes halogenated alkanes) is 2. The van der Waals surface area contributed by atoms with Gasteiger partial charge in [0.05, 0.1) is 4.88 Å². The van der Waals surface area contributed by atoms with Crippen LogP contribution < -0.4 is 10.6 Å². The summed E-state index contributed by atoms with van der Waals surface area (Å²) in [5, 5.41) is 8.96. The van der Waals surface area contributed by atoms with E-state index in [0.717, 1.165) is 34.1 Å². The van der Waals surface area contributed by atoms with E-state index >= 15 is 0 Å². The highest BCUT2D eigenvalue weighted by molar-refractivity contribution is 7.12. The molecule has 1 atom stereocenters. The van der Waals surface area contributed by atoms with Crippen molar-refractivity contribution < 1.29 is 19.1 Å². The molecule has 0 spiro atoms. The molecule has 0 fully saturated rings. The fraction of sp³-hybridized carbons (Fsp3) is 0.364. The van der Waals surface area contributed by atoms with Crippen molar-refractivity contribution in [2.75, 3.05) is 6.54 Å². The van der Waals surface area contributed by atoms with E-state index in [-0.39, 0.29) is 17.8 Å². The maximum Gasteiger partial charge on any atom is 0.306 e. The monoisotopic (exact) mass is 573 g/mol. The molecule has 3 N–H and O–H groups in total. The smallest absolute Gasteiger partial charge is 0.306 e. The summed E-state index contributed by atoms with van der Waals surface area (Å²) in [6, 6.07) is 21.3. The van der Waals surface area contributed by atoms with E-state index in [4.69, 9.17) is 4.74 Å². The SMILES string of the molecule is CC(C)(C)OC(=O)CCCCC[C@H](NC(=O)c1cccs1)C(=O)NCCc1c(-c2ccccc2)[nH]c2ccccc12. The third kappa shape index (κ3) is 8.79. The summed E-state index contributed by atoms with van der Waals surface area (Å²) in [6.45, 7) is 5.99. The van der Waals surface area contributed by atoms with Crippen LogP contribution in [-0.2, 0) is 20.7 Å². The predicted octanol–water partition coefficient (Wildman–Crippen LogP) is 6.65. The van der Waals surface area contributed by atoms with Crippen LogP contribution in [0.1, 0.15) is 68.1 Å². The number of ether oxygens (including phenoxy) is 1. The fourth-order valence-corrected chi connectivity index (χ4v) is 5.46. The molecular weight excluding hydrogens is 534 g/mol. The summed E-state index contributed by atoms with van der Waals surface area (Å²) in [4.78, 5) is 42.2. The van der Waals surface area contributed by atoms with Gasteiger partial charge in [0, 0.05) is 29.6 Å². The number of aromatic nitrogens is 1. The topological polar surface area (TPSA) is 100 Å². The minimum absolute atomic E-state index is 0.205. The van der Waals surface area contributed by atoms with Gasteiger partial charge in [-0.3, -0.25) is 14.4 Å². The first-order valence-electron chi connectivity index (χ1n) is 14.2. The van der Waals surface area contributed by atoms with Gasteiger partial charge in [-0.2, -0.15) is 0 Å². The number of carbonyl (C=O) groups excluding carboxylic acids is 3. The van der Waals surface area contributed by atoms with Gasteiger partial charge in [0.25, 0.3) is 5.91 Å². The molecule has 0 aliphatic rings. The van der Waals surface area contributed by atoms with Crippen LogP contribution in [0.25, 0.3) is 22.2 Å². The molecule has 0 aliphatic carbocycles. The molecule has 41 heavy (non-hydrogen) atoms. The Kier molecular flexibility index (Phi) is 10.4. The second-order valence-corrected chi connectivity index (χ2v) is 12.1. The average Bonchev–Trinajstić information content (AvgIpc) is 3.61. The number of rotatable bonds is 13. The van der Waals surface area contributed by atoms with Crippen LogP contribution in [0, 0.1) is 0 Å². The Hall–Kier alpha value is -3.91. The number of H-pyrrole nitrogens is 1. The molecule has 7 nitrogen and oxygen atoms in total. The summed E-state index contributed by atoms with van der Waals surface area (Å²) in [5.41, 5.74) is 3.85. The minimum atomic E-state index is -0.664. The van der Waals surface area contributed by atoms with Gasteiger partial charge in [0.1, 0.15) is 11.6 Å².